The number of aliphatic imine (C=N–C) groups is 1. The third-order valence-corrected chi connectivity index (χ3v) is 7.58. The number of hydrogen-bond acceptors (Lipinski definition) is 13. The van der Waals surface area contributed by atoms with Gasteiger partial charge in [0.15, 0.2) is 0 Å². The highest BCUT2D eigenvalue weighted by molar-refractivity contribution is 6.31. The van der Waals surface area contributed by atoms with Crippen LogP contribution in [0, 0.1) is 5.41 Å². The average Bonchev–Trinajstić information content (AvgIpc) is 3.10. The lowest BCUT2D eigenvalue weighted by atomic mass is 9.99. The van der Waals surface area contributed by atoms with E-state index in [1.165, 1.54) is 36.4 Å². The number of nitrogens with zero attached hydrogens (tertiary/aromatic N) is 1. The largest absolute Gasteiger partial charge is 0.493 e. The average molecular weight is 881 g/mol. The summed E-state index contributed by atoms with van der Waals surface area (Å²) >= 11 is 6.53. The summed E-state index contributed by atoms with van der Waals surface area (Å²) in [7, 11) is 0. The van der Waals surface area contributed by atoms with Gasteiger partial charge in [-0.2, -0.15) is 9.59 Å². The van der Waals surface area contributed by atoms with Gasteiger partial charge in [0.25, 0.3) is 0 Å². The maximum absolute atomic E-state index is 13.3. The predicted octanol–water partition coefficient (Wildman–Crippen LogP) is 8.05. The number of carbonyl (C=O) groups is 5. The number of benzene rings is 3. The SMILES string of the molecule is CC(C)(C)COc1ccc(C[C@H](NC(=O)Cc2ccc(OC(=O)c3ccc(N=C(NC(=O)OC(C)(C)C)NC(=O)OC(C)(C)C)cc3)cc2Cl)C(=O)OC(C)(C)C)cc1.O=C=O. The third-order valence-electron chi connectivity index (χ3n) is 7.23. The summed E-state index contributed by atoms with van der Waals surface area (Å²) in [5.74, 6) is -1.20. The van der Waals surface area contributed by atoms with E-state index in [-0.39, 0.29) is 52.4 Å². The molecule has 0 aromatic heterocycles. The summed E-state index contributed by atoms with van der Waals surface area (Å²) in [6, 6.07) is 16.6. The molecule has 1 atom stereocenters. The van der Waals surface area contributed by atoms with E-state index in [4.69, 9.17) is 44.9 Å². The first-order valence-electron chi connectivity index (χ1n) is 19.5. The molecule has 0 bridgehead atoms. The zero-order valence-electron chi connectivity index (χ0n) is 37.3. The Morgan fingerprint density at radius 3 is 1.66 bits per heavy atom. The summed E-state index contributed by atoms with van der Waals surface area (Å²) in [6.07, 6.45) is -1.45. The summed E-state index contributed by atoms with van der Waals surface area (Å²) in [6.45, 7) is 22.1. The van der Waals surface area contributed by atoms with Crippen molar-refractivity contribution >= 4 is 59.4 Å². The van der Waals surface area contributed by atoms with Crippen molar-refractivity contribution in [3.8, 4) is 11.5 Å². The molecule has 0 fully saturated rings. The lowest BCUT2D eigenvalue weighted by Crippen LogP contribution is -2.47. The number of ether oxygens (including phenoxy) is 5. The molecule has 3 aromatic carbocycles. The molecule has 0 aliphatic heterocycles. The molecule has 16 nitrogen and oxygen atoms in total. The molecule has 0 spiro atoms. The molecule has 0 saturated heterocycles. The molecule has 17 heteroatoms. The van der Waals surface area contributed by atoms with Crippen LogP contribution in [0.25, 0.3) is 0 Å². The van der Waals surface area contributed by atoms with Crippen molar-refractivity contribution in [1.29, 1.82) is 0 Å². The summed E-state index contributed by atoms with van der Waals surface area (Å²) in [4.78, 5) is 84.9. The van der Waals surface area contributed by atoms with Crippen LogP contribution < -0.4 is 25.4 Å². The standard InChI is InChI=1S/C44H57ClN4O10.CO2/c1-41(2,3)26-55-31-20-13-27(14-21-31)23-34(37(52)57-42(4,5)6)47-35(50)24-29-17-22-32(25-33(29)45)56-36(51)28-15-18-30(19-16-28)46-38(48-39(53)58-43(7,8)9)49-40(54)59-44(10,11)12;2-1-3/h13-22,25,34H,23-24,26H2,1-12H3,(H,47,50)(H2,46,48,49,53,54);/t34-;/m0./s1. The van der Waals surface area contributed by atoms with Gasteiger partial charge in [-0.1, -0.05) is 50.6 Å². The van der Waals surface area contributed by atoms with Gasteiger partial charge in [-0.05, 0) is 127 Å². The number of rotatable bonds is 11. The number of amides is 3. The lowest BCUT2D eigenvalue weighted by molar-refractivity contribution is -0.191. The van der Waals surface area contributed by atoms with E-state index in [9.17, 15) is 24.0 Å². The minimum atomic E-state index is -0.979. The monoisotopic (exact) mass is 880 g/mol. The first kappa shape index (κ1) is 51.9. The number of alkyl carbamates (subject to hydrolysis) is 2. The molecule has 3 rings (SSSR count). The predicted molar refractivity (Wildman–Crippen MR) is 230 cm³/mol. The summed E-state index contributed by atoms with van der Waals surface area (Å²) < 4.78 is 27.5. The Bertz CT molecular complexity index is 2050. The van der Waals surface area contributed by atoms with Crippen LogP contribution in [0.4, 0.5) is 15.3 Å². The molecule has 0 radical (unpaired) electrons. The van der Waals surface area contributed by atoms with Crippen molar-refractivity contribution in [2.24, 2.45) is 10.4 Å². The second kappa shape index (κ2) is 22.6. The number of nitrogens with one attached hydrogen (secondary N) is 3. The molecule has 3 aromatic rings. The van der Waals surface area contributed by atoms with Crippen LogP contribution in [0.3, 0.4) is 0 Å². The van der Waals surface area contributed by atoms with Gasteiger partial charge in [0.05, 0.1) is 24.3 Å². The van der Waals surface area contributed by atoms with Crippen molar-refractivity contribution in [1.82, 2.24) is 16.0 Å². The summed E-state index contributed by atoms with van der Waals surface area (Å²) in [5, 5.41) is 7.74. The third kappa shape index (κ3) is 21.3. The molecule has 3 amide bonds. The van der Waals surface area contributed by atoms with Crippen molar-refractivity contribution in [3.05, 3.63) is 88.4 Å². The fourth-order valence-electron chi connectivity index (χ4n) is 4.83. The first-order chi connectivity index (χ1) is 28.5. The Balaban J connectivity index is 0.00000428. The van der Waals surface area contributed by atoms with E-state index in [1.807, 2.05) is 24.3 Å². The van der Waals surface area contributed by atoms with Gasteiger partial charge in [0, 0.05) is 11.4 Å². The minimum absolute atomic E-state index is 0.00751. The smallest absolute Gasteiger partial charge is 0.414 e. The van der Waals surface area contributed by atoms with Gasteiger partial charge in [-0.25, -0.2) is 24.2 Å². The van der Waals surface area contributed by atoms with E-state index in [1.54, 1.807) is 68.4 Å². The van der Waals surface area contributed by atoms with Gasteiger partial charge in [0.2, 0.25) is 11.9 Å². The number of hydrogen-bond donors (Lipinski definition) is 3. The van der Waals surface area contributed by atoms with Crippen LogP contribution in [0.2, 0.25) is 5.02 Å². The molecule has 0 unspecified atom stereocenters. The van der Waals surface area contributed by atoms with E-state index in [2.05, 4.69) is 41.7 Å². The molecular formula is C45H57ClN4O12. The van der Waals surface area contributed by atoms with E-state index in [0.29, 0.717) is 17.9 Å². The van der Waals surface area contributed by atoms with Crippen molar-refractivity contribution < 1.29 is 57.2 Å². The van der Waals surface area contributed by atoms with Gasteiger partial charge in [0.1, 0.15) is 34.3 Å². The molecule has 336 valence electrons. The van der Waals surface area contributed by atoms with E-state index < -0.39 is 52.9 Å². The minimum Gasteiger partial charge on any atom is -0.493 e. The fraction of sp³-hybridized carbons (Fsp3) is 0.444. The number of guanidine groups is 1. The number of esters is 2. The van der Waals surface area contributed by atoms with Gasteiger partial charge < -0.3 is 29.0 Å². The van der Waals surface area contributed by atoms with E-state index >= 15 is 0 Å². The van der Waals surface area contributed by atoms with Crippen LogP contribution in [0.5, 0.6) is 11.5 Å². The maximum atomic E-state index is 13.3. The first-order valence-corrected chi connectivity index (χ1v) is 19.8. The molecule has 0 aliphatic rings. The van der Waals surface area contributed by atoms with Crippen LogP contribution in [-0.4, -0.2) is 71.6 Å². The van der Waals surface area contributed by atoms with E-state index in [0.717, 1.165) is 5.56 Å². The van der Waals surface area contributed by atoms with Crippen molar-refractivity contribution in [2.45, 2.75) is 119 Å². The highest BCUT2D eigenvalue weighted by Crippen LogP contribution is 2.25. The highest BCUT2D eigenvalue weighted by Gasteiger charge is 2.28. The van der Waals surface area contributed by atoms with Crippen molar-refractivity contribution in [3.63, 3.8) is 0 Å². The quantitative estimate of drug-likeness (QED) is 0.0549. The zero-order valence-corrected chi connectivity index (χ0v) is 38.0. The topological polar surface area (TPSA) is 214 Å². The molecular weight excluding hydrogens is 824 g/mol. The summed E-state index contributed by atoms with van der Waals surface area (Å²) in [5.41, 5.74) is -0.754. The van der Waals surface area contributed by atoms with Gasteiger partial charge in [-0.15, -0.1) is 0 Å². The number of halogens is 1. The second-order valence-electron chi connectivity index (χ2n) is 18.0. The number of carbonyl (C=O) groups excluding carboxylic acids is 7. The van der Waals surface area contributed by atoms with Crippen LogP contribution >= 0.6 is 11.6 Å². The molecule has 0 aliphatic carbocycles. The second-order valence-corrected chi connectivity index (χ2v) is 18.4. The van der Waals surface area contributed by atoms with Gasteiger partial charge in [-0.3, -0.25) is 15.4 Å². The molecule has 62 heavy (non-hydrogen) atoms. The van der Waals surface area contributed by atoms with Crippen molar-refractivity contribution in [2.75, 3.05) is 6.61 Å². The Labute approximate surface area is 367 Å². The molecule has 0 saturated carbocycles. The van der Waals surface area contributed by atoms with Crippen LogP contribution in [-0.2, 0) is 46.2 Å². The highest BCUT2D eigenvalue weighted by atomic mass is 35.5. The Morgan fingerprint density at radius 2 is 1.19 bits per heavy atom. The van der Waals surface area contributed by atoms with Crippen LogP contribution in [0.15, 0.2) is 71.7 Å². The molecule has 3 N–H and O–H groups in total. The Morgan fingerprint density at radius 1 is 0.694 bits per heavy atom. The lowest BCUT2D eigenvalue weighted by Gasteiger charge is -2.25. The maximum Gasteiger partial charge on any atom is 0.414 e. The Kier molecular flexibility index (Phi) is 18.9. The Hall–Kier alpha value is -6.25. The normalized spacial score (nSPS) is 11.8. The zero-order chi connectivity index (χ0) is 47.1. The van der Waals surface area contributed by atoms with Crippen LogP contribution in [0.1, 0.15) is 105 Å². The fourth-order valence-corrected chi connectivity index (χ4v) is 5.07. The van der Waals surface area contributed by atoms with Gasteiger partial charge >= 0.3 is 30.3 Å². The molecule has 0 heterocycles.